The minimum absolute atomic E-state index is 0.0238. The molecule has 1 heterocycles. The van der Waals surface area contributed by atoms with Crippen molar-refractivity contribution in [2.24, 2.45) is 10.8 Å². The highest BCUT2D eigenvalue weighted by Gasteiger charge is 2.37. The highest BCUT2D eigenvalue weighted by atomic mass is 16.5. The van der Waals surface area contributed by atoms with Crippen LogP contribution in [0.3, 0.4) is 0 Å². The summed E-state index contributed by atoms with van der Waals surface area (Å²) in [5.74, 6) is 0.558. The van der Waals surface area contributed by atoms with Gasteiger partial charge in [0.15, 0.2) is 0 Å². The van der Waals surface area contributed by atoms with E-state index in [-0.39, 0.29) is 17.2 Å². The number of rotatable bonds is 4. The maximum atomic E-state index is 12.9. The minimum Gasteiger partial charge on any atom is -0.490 e. The molecule has 0 saturated heterocycles. The summed E-state index contributed by atoms with van der Waals surface area (Å²) in [6.07, 6.45) is 2.11. The Labute approximate surface area is 150 Å². The Hall–Kier alpha value is -2.30. The van der Waals surface area contributed by atoms with Crippen LogP contribution in [0.2, 0.25) is 0 Å². The summed E-state index contributed by atoms with van der Waals surface area (Å²) in [5.41, 5.74) is 0.591. The molecule has 136 valence electrons. The molecule has 1 aromatic carbocycles. The molecule has 0 atom stereocenters. The molecule has 25 heavy (non-hydrogen) atoms. The van der Waals surface area contributed by atoms with E-state index in [4.69, 9.17) is 4.74 Å². The monoisotopic (exact) mass is 344 g/mol. The van der Waals surface area contributed by atoms with Gasteiger partial charge in [-0.05, 0) is 37.5 Å². The van der Waals surface area contributed by atoms with Crippen molar-refractivity contribution in [3.8, 4) is 5.75 Å². The van der Waals surface area contributed by atoms with Crippen LogP contribution in [-0.4, -0.2) is 25.0 Å². The van der Waals surface area contributed by atoms with Gasteiger partial charge in [-0.1, -0.05) is 26.8 Å². The fourth-order valence-electron chi connectivity index (χ4n) is 2.72. The van der Waals surface area contributed by atoms with Gasteiger partial charge in [0.1, 0.15) is 12.4 Å². The zero-order chi connectivity index (χ0) is 18.8. The van der Waals surface area contributed by atoms with E-state index in [1.54, 1.807) is 29.2 Å². The number of fused-ring (bicyclic) bond motifs is 1. The number of amides is 2. The molecule has 1 N–H and O–H groups in total. The van der Waals surface area contributed by atoms with Gasteiger partial charge in [-0.15, -0.1) is 6.58 Å². The Bertz CT molecular complexity index is 687. The first-order valence-corrected chi connectivity index (χ1v) is 8.53. The van der Waals surface area contributed by atoms with E-state index < -0.39 is 5.41 Å². The molecule has 0 unspecified atom stereocenters. The van der Waals surface area contributed by atoms with Crippen LogP contribution in [0.15, 0.2) is 30.9 Å². The molecule has 0 bridgehead atoms. The van der Waals surface area contributed by atoms with Gasteiger partial charge in [0.25, 0.3) is 0 Å². The Morgan fingerprint density at radius 3 is 2.68 bits per heavy atom. The van der Waals surface area contributed by atoms with Crippen LogP contribution in [0.1, 0.15) is 41.0 Å². The number of nitrogens with one attached hydrogen (secondary N) is 1. The Kier molecular flexibility index (Phi) is 5.26. The van der Waals surface area contributed by atoms with Gasteiger partial charge in [-0.2, -0.15) is 0 Å². The van der Waals surface area contributed by atoms with Crippen LogP contribution >= 0.6 is 0 Å². The third-order valence-corrected chi connectivity index (χ3v) is 3.95. The smallest absolute Gasteiger partial charge is 0.236 e. The fraction of sp³-hybridized carbons (Fsp3) is 0.500. The SMILES string of the molecule is C=CCN1C(=O)C(C)(C)COc2ccc(NC(=O)CC(C)(C)C)cc21. The number of ether oxygens (including phenoxy) is 1. The summed E-state index contributed by atoms with van der Waals surface area (Å²) < 4.78 is 5.84. The van der Waals surface area contributed by atoms with Crippen LogP contribution in [-0.2, 0) is 9.59 Å². The van der Waals surface area contributed by atoms with Gasteiger partial charge >= 0.3 is 0 Å². The number of carbonyl (C=O) groups excluding carboxylic acids is 2. The van der Waals surface area contributed by atoms with Crippen molar-refractivity contribution in [3.05, 3.63) is 30.9 Å². The van der Waals surface area contributed by atoms with E-state index in [1.807, 2.05) is 34.6 Å². The quantitative estimate of drug-likeness (QED) is 0.840. The third kappa shape index (κ3) is 4.62. The molecule has 2 amide bonds. The highest BCUT2D eigenvalue weighted by Crippen LogP contribution is 2.38. The van der Waals surface area contributed by atoms with Crippen molar-refractivity contribution in [1.82, 2.24) is 0 Å². The van der Waals surface area contributed by atoms with Crippen LogP contribution in [0.4, 0.5) is 11.4 Å². The van der Waals surface area contributed by atoms with Crippen LogP contribution in [0, 0.1) is 10.8 Å². The first-order valence-electron chi connectivity index (χ1n) is 8.53. The molecule has 0 aromatic heterocycles. The van der Waals surface area contributed by atoms with Crippen molar-refractivity contribution in [1.29, 1.82) is 0 Å². The van der Waals surface area contributed by atoms with Gasteiger partial charge in [0, 0.05) is 18.7 Å². The standard InChI is InChI=1S/C20H28N2O3/c1-7-10-22-15-11-14(21-17(23)12-19(2,3)4)8-9-16(15)25-13-20(5,6)18(22)24/h7-9,11H,1,10,12-13H2,2-6H3,(H,21,23). The number of nitrogens with zero attached hydrogens (tertiary/aromatic N) is 1. The lowest BCUT2D eigenvalue weighted by molar-refractivity contribution is -0.127. The van der Waals surface area contributed by atoms with Crippen LogP contribution in [0.25, 0.3) is 0 Å². The average Bonchev–Trinajstić information content (AvgIpc) is 2.56. The van der Waals surface area contributed by atoms with Gasteiger partial charge in [0.2, 0.25) is 11.8 Å². The molecule has 5 nitrogen and oxygen atoms in total. The zero-order valence-electron chi connectivity index (χ0n) is 15.8. The van der Waals surface area contributed by atoms with E-state index >= 15 is 0 Å². The number of hydrogen-bond acceptors (Lipinski definition) is 3. The highest BCUT2D eigenvalue weighted by molar-refractivity contribution is 6.00. The number of hydrogen-bond donors (Lipinski definition) is 1. The number of carbonyl (C=O) groups is 2. The summed E-state index contributed by atoms with van der Waals surface area (Å²) in [4.78, 5) is 26.7. The maximum absolute atomic E-state index is 12.9. The molecular formula is C20H28N2O3. The van der Waals surface area contributed by atoms with Crippen molar-refractivity contribution < 1.29 is 14.3 Å². The largest absolute Gasteiger partial charge is 0.490 e. The predicted octanol–water partition coefficient (Wildman–Crippen LogP) is 4.00. The van der Waals surface area contributed by atoms with E-state index in [2.05, 4.69) is 11.9 Å². The summed E-state index contributed by atoms with van der Waals surface area (Å²) in [6, 6.07) is 5.39. The second kappa shape index (κ2) is 6.90. The topological polar surface area (TPSA) is 58.6 Å². The van der Waals surface area contributed by atoms with Crippen molar-refractivity contribution in [3.63, 3.8) is 0 Å². The second-order valence-electron chi connectivity index (χ2n) is 8.35. The second-order valence-corrected chi connectivity index (χ2v) is 8.35. The molecule has 1 aliphatic heterocycles. The van der Waals surface area contributed by atoms with Crippen molar-refractivity contribution in [2.45, 2.75) is 41.0 Å². The summed E-state index contributed by atoms with van der Waals surface area (Å²) in [6.45, 7) is 14.2. The Morgan fingerprint density at radius 2 is 2.08 bits per heavy atom. The Balaban J connectivity index is 2.33. The van der Waals surface area contributed by atoms with E-state index in [1.165, 1.54) is 0 Å². The lowest BCUT2D eigenvalue weighted by atomic mass is 9.92. The molecule has 0 radical (unpaired) electrons. The molecule has 0 spiro atoms. The van der Waals surface area contributed by atoms with Gasteiger partial charge in [0.05, 0.1) is 11.1 Å². The van der Waals surface area contributed by atoms with E-state index in [0.717, 1.165) is 0 Å². The first kappa shape index (κ1) is 19.0. The average molecular weight is 344 g/mol. The fourth-order valence-corrected chi connectivity index (χ4v) is 2.72. The summed E-state index contributed by atoms with van der Waals surface area (Å²) in [5, 5.41) is 2.91. The minimum atomic E-state index is -0.627. The first-order chi connectivity index (χ1) is 11.5. The lowest BCUT2D eigenvalue weighted by Crippen LogP contribution is -2.42. The molecule has 1 aliphatic rings. The predicted molar refractivity (Wildman–Crippen MR) is 101 cm³/mol. The molecule has 0 fully saturated rings. The van der Waals surface area contributed by atoms with E-state index in [9.17, 15) is 9.59 Å². The molecule has 2 rings (SSSR count). The third-order valence-electron chi connectivity index (χ3n) is 3.95. The number of anilines is 2. The summed E-state index contributed by atoms with van der Waals surface area (Å²) in [7, 11) is 0. The van der Waals surface area contributed by atoms with Crippen molar-refractivity contribution in [2.75, 3.05) is 23.4 Å². The van der Waals surface area contributed by atoms with Gasteiger partial charge in [-0.25, -0.2) is 0 Å². The number of benzene rings is 1. The lowest BCUT2D eigenvalue weighted by Gasteiger charge is -2.27. The van der Waals surface area contributed by atoms with E-state index in [0.29, 0.717) is 36.7 Å². The molecule has 5 heteroatoms. The van der Waals surface area contributed by atoms with Crippen LogP contribution in [0.5, 0.6) is 5.75 Å². The normalized spacial score (nSPS) is 16.5. The van der Waals surface area contributed by atoms with Gasteiger partial charge < -0.3 is 15.0 Å². The van der Waals surface area contributed by atoms with Crippen LogP contribution < -0.4 is 15.0 Å². The Morgan fingerprint density at radius 1 is 1.40 bits per heavy atom. The van der Waals surface area contributed by atoms with Gasteiger partial charge in [-0.3, -0.25) is 9.59 Å². The molecule has 0 aliphatic carbocycles. The molecular weight excluding hydrogens is 316 g/mol. The molecule has 0 saturated carbocycles. The molecule has 1 aromatic rings. The zero-order valence-corrected chi connectivity index (χ0v) is 15.8. The maximum Gasteiger partial charge on any atom is 0.236 e. The summed E-state index contributed by atoms with van der Waals surface area (Å²) >= 11 is 0. The van der Waals surface area contributed by atoms with Crippen molar-refractivity contribution >= 4 is 23.2 Å².